The van der Waals surface area contributed by atoms with E-state index in [4.69, 9.17) is 16.9 Å². The molecule has 0 N–H and O–H groups in total. The van der Waals surface area contributed by atoms with E-state index in [1.807, 2.05) is 0 Å². The average molecular weight is 244 g/mol. The van der Waals surface area contributed by atoms with Gasteiger partial charge in [0.2, 0.25) is 0 Å². The zero-order valence-corrected chi connectivity index (χ0v) is 8.65. The lowest BCUT2D eigenvalue weighted by atomic mass is 10.1. The van der Waals surface area contributed by atoms with Crippen molar-refractivity contribution in [1.82, 2.24) is 0 Å². The summed E-state index contributed by atoms with van der Waals surface area (Å²) in [6.45, 7) is 0. The Morgan fingerprint density at radius 1 is 1.31 bits per heavy atom. The van der Waals surface area contributed by atoms with E-state index in [0.29, 0.717) is 0 Å². The number of hydrogen-bond acceptors (Lipinski definition) is 1. The third-order valence-electron chi connectivity index (χ3n) is 1.68. The largest absolute Gasteiger partial charge is 0.417 e. The predicted octanol–water partition coefficient (Wildman–Crippen LogP) is 3.62. The quantitative estimate of drug-likeness (QED) is 0.639. The average Bonchev–Trinajstić information content (AvgIpc) is 2.19. The third kappa shape index (κ3) is 3.18. The summed E-state index contributed by atoms with van der Waals surface area (Å²) in [5.41, 5.74) is -1.06. The Morgan fingerprint density at radius 3 is 2.56 bits per heavy atom. The van der Waals surface area contributed by atoms with Crippen molar-refractivity contribution >= 4 is 11.6 Å². The first-order valence-corrected chi connectivity index (χ1v) is 4.55. The molecular weight excluding hydrogens is 239 g/mol. The third-order valence-corrected chi connectivity index (χ3v) is 1.91. The van der Waals surface area contributed by atoms with Gasteiger partial charge in [-0.25, -0.2) is 0 Å². The van der Waals surface area contributed by atoms with Crippen molar-refractivity contribution in [3.63, 3.8) is 0 Å². The second-order valence-electron chi connectivity index (χ2n) is 2.82. The normalized spacial score (nSPS) is 10.2. The van der Waals surface area contributed by atoms with Gasteiger partial charge in [0.15, 0.2) is 0 Å². The molecule has 1 nitrogen and oxygen atoms in total. The van der Waals surface area contributed by atoms with Crippen molar-refractivity contribution in [2.45, 2.75) is 12.6 Å². The van der Waals surface area contributed by atoms with Crippen LogP contribution in [0.4, 0.5) is 13.2 Å². The maximum absolute atomic E-state index is 12.5. The Labute approximate surface area is 95.4 Å². The Bertz CT molecular complexity index is 489. The van der Waals surface area contributed by atoms with Gasteiger partial charge < -0.3 is 0 Å². The van der Waals surface area contributed by atoms with Gasteiger partial charge in [-0.2, -0.15) is 18.4 Å². The van der Waals surface area contributed by atoms with Crippen LogP contribution in [0, 0.1) is 23.2 Å². The molecule has 16 heavy (non-hydrogen) atoms. The van der Waals surface area contributed by atoms with E-state index in [2.05, 4.69) is 11.8 Å². The molecule has 0 aliphatic heterocycles. The molecule has 0 fully saturated rings. The van der Waals surface area contributed by atoms with Crippen LogP contribution < -0.4 is 0 Å². The maximum Gasteiger partial charge on any atom is 0.417 e. The summed E-state index contributed by atoms with van der Waals surface area (Å²) in [6.07, 6.45) is -4.61. The summed E-state index contributed by atoms with van der Waals surface area (Å²) < 4.78 is 37.6. The summed E-state index contributed by atoms with van der Waals surface area (Å²) >= 11 is 5.48. The van der Waals surface area contributed by atoms with Crippen molar-refractivity contribution in [3.05, 3.63) is 34.3 Å². The molecule has 0 atom stereocenters. The SMILES string of the molecule is N#CCC#Cc1ccc(Cl)cc1C(F)(F)F. The van der Waals surface area contributed by atoms with Crippen LogP contribution in [0.15, 0.2) is 18.2 Å². The van der Waals surface area contributed by atoms with Crippen molar-refractivity contribution in [2.24, 2.45) is 0 Å². The summed E-state index contributed by atoms with van der Waals surface area (Å²) in [5.74, 6) is 4.63. The number of nitrogens with zero attached hydrogens (tertiary/aromatic N) is 1. The number of hydrogen-bond donors (Lipinski definition) is 0. The van der Waals surface area contributed by atoms with E-state index >= 15 is 0 Å². The molecule has 1 rings (SSSR count). The number of rotatable bonds is 0. The molecule has 0 radical (unpaired) electrons. The first-order valence-electron chi connectivity index (χ1n) is 4.17. The molecule has 0 bridgehead atoms. The monoisotopic (exact) mass is 243 g/mol. The van der Waals surface area contributed by atoms with Crippen LogP contribution in [0.25, 0.3) is 0 Å². The molecule has 0 aliphatic rings. The highest BCUT2D eigenvalue weighted by Gasteiger charge is 2.33. The van der Waals surface area contributed by atoms with Crippen LogP contribution in [0.2, 0.25) is 5.02 Å². The van der Waals surface area contributed by atoms with Crippen molar-refractivity contribution in [2.75, 3.05) is 0 Å². The van der Waals surface area contributed by atoms with E-state index in [-0.39, 0.29) is 17.0 Å². The standard InChI is InChI=1S/C11H5ClF3N/c12-9-5-4-8(3-1-2-6-16)10(7-9)11(13,14)15/h4-5,7H,2H2. The summed E-state index contributed by atoms with van der Waals surface area (Å²) in [7, 11) is 0. The molecule has 1 aromatic rings. The number of benzene rings is 1. The smallest absolute Gasteiger partial charge is 0.197 e. The molecule has 82 valence electrons. The fourth-order valence-corrected chi connectivity index (χ4v) is 1.21. The van der Waals surface area contributed by atoms with Gasteiger partial charge in [0, 0.05) is 10.6 Å². The molecule has 0 heterocycles. The minimum absolute atomic E-state index is 0.00171. The van der Waals surface area contributed by atoms with Gasteiger partial charge in [-0.1, -0.05) is 23.4 Å². The van der Waals surface area contributed by atoms with Gasteiger partial charge in [0.05, 0.1) is 18.1 Å². The predicted molar refractivity (Wildman–Crippen MR) is 53.6 cm³/mol. The highest BCUT2D eigenvalue weighted by Crippen LogP contribution is 2.33. The van der Waals surface area contributed by atoms with Crippen molar-refractivity contribution in [3.8, 4) is 17.9 Å². The zero-order valence-electron chi connectivity index (χ0n) is 7.90. The highest BCUT2D eigenvalue weighted by molar-refractivity contribution is 6.30. The molecule has 0 saturated carbocycles. The first-order chi connectivity index (χ1) is 7.45. The molecule has 5 heteroatoms. The zero-order chi connectivity index (χ0) is 12.2. The fourth-order valence-electron chi connectivity index (χ4n) is 1.04. The van der Waals surface area contributed by atoms with E-state index < -0.39 is 11.7 Å². The van der Waals surface area contributed by atoms with Gasteiger partial charge in [-0.15, -0.1) is 0 Å². The van der Waals surface area contributed by atoms with Gasteiger partial charge >= 0.3 is 6.18 Å². The van der Waals surface area contributed by atoms with Gasteiger partial charge in [-0.05, 0) is 18.2 Å². The van der Waals surface area contributed by atoms with Crippen LogP contribution in [-0.2, 0) is 6.18 Å². The maximum atomic E-state index is 12.5. The van der Waals surface area contributed by atoms with E-state index in [1.165, 1.54) is 12.1 Å². The molecule has 0 saturated heterocycles. The molecular formula is C11H5ClF3N. The summed E-state index contributed by atoms with van der Waals surface area (Å²) in [5, 5.41) is 8.22. The second kappa shape index (κ2) is 4.92. The van der Waals surface area contributed by atoms with Crippen molar-refractivity contribution < 1.29 is 13.2 Å². The van der Waals surface area contributed by atoms with Crippen LogP contribution in [0.3, 0.4) is 0 Å². The van der Waals surface area contributed by atoms with Gasteiger partial charge in [-0.3, -0.25) is 0 Å². The molecule has 1 aromatic carbocycles. The molecule has 0 aliphatic carbocycles. The van der Waals surface area contributed by atoms with Gasteiger partial charge in [0.1, 0.15) is 0 Å². The lowest BCUT2D eigenvalue weighted by Gasteiger charge is -2.09. The van der Waals surface area contributed by atoms with Crippen molar-refractivity contribution in [1.29, 1.82) is 5.26 Å². The molecule has 0 spiro atoms. The van der Waals surface area contributed by atoms with E-state index in [1.54, 1.807) is 6.07 Å². The van der Waals surface area contributed by atoms with E-state index in [9.17, 15) is 13.2 Å². The van der Waals surface area contributed by atoms with Crippen LogP contribution in [0.5, 0.6) is 0 Å². The molecule has 0 unspecified atom stereocenters. The number of halogens is 4. The lowest BCUT2D eigenvalue weighted by Crippen LogP contribution is -2.07. The van der Waals surface area contributed by atoms with Crippen LogP contribution in [0.1, 0.15) is 17.5 Å². The fraction of sp³-hybridized carbons (Fsp3) is 0.182. The Balaban J connectivity index is 3.21. The van der Waals surface area contributed by atoms with Gasteiger partial charge in [0.25, 0.3) is 0 Å². The lowest BCUT2D eigenvalue weighted by molar-refractivity contribution is -0.137. The molecule has 0 amide bonds. The minimum Gasteiger partial charge on any atom is -0.197 e. The van der Waals surface area contributed by atoms with Crippen LogP contribution in [-0.4, -0.2) is 0 Å². The minimum atomic E-state index is -4.50. The first kappa shape index (κ1) is 12.4. The number of nitriles is 1. The Kier molecular flexibility index (Phi) is 3.82. The Morgan fingerprint density at radius 2 is 2.00 bits per heavy atom. The molecule has 0 aromatic heterocycles. The number of alkyl halides is 3. The summed E-state index contributed by atoms with van der Waals surface area (Å²) in [6, 6.07) is 5.06. The highest BCUT2D eigenvalue weighted by atomic mass is 35.5. The summed E-state index contributed by atoms with van der Waals surface area (Å²) in [4.78, 5) is 0. The van der Waals surface area contributed by atoms with Crippen LogP contribution >= 0.6 is 11.6 Å². The topological polar surface area (TPSA) is 23.8 Å². The van der Waals surface area contributed by atoms with E-state index in [0.717, 1.165) is 6.07 Å². The Hall–Kier alpha value is -1.65. The second-order valence-corrected chi connectivity index (χ2v) is 3.26.